The summed E-state index contributed by atoms with van der Waals surface area (Å²) in [6.07, 6.45) is 3.18. The molecule has 0 heterocycles. The van der Waals surface area contributed by atoms with Gasteiger partial charge in [-0.1, -0.05) is 12.8 Å². The van der Waals surface area contributed by atoms with Crippen LogP contribution in [0.5, 0.6) is 0 Å². The van der Waals surface area contributed by atoms with E-state index in [1.165, 1.54) is 0 Å². The van der Waals surface area contributed by atoms with E-state index in [2.05, 4.69) is 11.4 Å². The predicted molar refractivity (Wildman–Crippen MR) is 72.3 cm³/mol. The van der Waals surface area contributed by atoms with Gasteiger partial charge in [-0.15, -0.1) is 0 Å². The van der Waals surface area contributed by atoms with Crippen LogP contribution in [0.25, 0.3) is 0 Å². The third-order valence-electron chi connectivity index (χ3n) is 3.36. The average molecular weight is 270 g/mol. The molecule has 5 heteroatoms. The molecule has 0 aromatic heterocycles. The fourth-order valence-electron chi connectivity index (χ4n) is 2.10. The molecule has 0 spiro atoms. The molecule has 4 nitrogen and oxygen atoms in total. The van der Waals surface area contributed by atoms with Gasteiger partial charge < -0.3 is 5.32 Å². The van der Waals surface area contributed by atoms with Gasteiger partial charge in [-0.25, -0.2) is 0 Å². The molecule has 0 radical (unpaired) electrons. The molecule has 1 atom stereocenters. The maximum absolute atomic E-state index is 12.0. The minimum atomic E-state index is -0.968. The fraction of sp³-hybridized carbons (Fsp3) is 0.846. The quantitative estimate of drug-likeness (QED) is 0.846. The molecule has 0 bridgehead atoms. The highest BCUT2D eigenvalue weighted by Gasteiger charge is 2.41. The van der Waals surface area contributed by atoms with Crippen LogP contribution in [-0.2, 0) is 15.6 Å². The third kappa shape index (κ3) is 3.55. The lowest BCUT2D eigenvalue weighted by atomic mass is 9.87. The summed E-state index contributed by atoms with van der Waals surface area (Å²) in [5.74, 6) is 0.255. The molecular formula is C13H22N2O2S. The second-order valence-corrected chi connectivity index (χ2v) is 8.14. The van der Waals surface area contributed by atoms with Gasteiger partial charge in [-0.05, 0) is 33.6 Å². The van der Waals surface area contributed by atoms with E-state index >= 15 is 0 Å². The van der Waals surface area contributed by atoms with Crippen molar-refractivity contribution in [1.82, 2.24) is 5.32 Å². The van der Waals surface area contributed by atoms with Gasteiger partial charge in [0.25, 0.3) is 0 Å². The number of nitriles is 1. The molecule has 0 aliphatic heterocycles. The van der Waals surface area contributed by atoms with Crippen molar-refractivity contribution in [3.8, 4) is 6.07 Å². The van der Waals surface area contributed by atoms with E-state index in [-0.39, 0.29) is 10.7 Å². The molecule has 1 aliphatic carbocycles. The van der Waals surface area contributed by atoms with Gasteiger partial charge in [0.15, 0.2) is 0 Å². The van der Waals surface area contributed by atoms with Crippen molar-refractivity contribution in [2.75, 3.05) is 12.3 Å². The standard InChI is InChI=1S/C13H22N2O2S/c1-12(2,3)18(17)9-8-15-11(16)13(10-14)6-4-5-7-13/h4-9H2,1-3H3,(H,15,16). The maximum Gasteiger partial charge on any atom is 0.240 e. The molecule has 1 aliphatic rings. The summed E-state index contributed by atoms with van der Waals surface area (Å²) in [6, 6.07) is 2.16. The van der Waals surface area contributed by atoms with E-state index in [1.807, 2.05) is 20.8 Å². The highest BCUT2D eigenvalue weighted by atomic mass is 32.2. The first-order chi connectivity index (χ1) is 8.32. The molecule has 1 unspecified atom stereocenters. The van der Waals surface area contributed by atoms with Crippen LogP contribution >= 0.6 is 0 Å². The molecule has 0 aromatic rings. The molecule has 1 rings (SSSR count). The van der Waals surface area contributed by atoms with Crippen molar-refractivity contribution >= 4 is 16.7 Å². The lowest BCUT2D eigenvalue weighted by Crippen LogP contribution is -2.41. The number of nitrogens with zero attached hydrogens (tertiary/aromatic N) is 1. The lowest BCUT2D eigenvalue weighted by Gasteiger charge is -2.21. The minimum Gasteiger partial charge on any atom is -0.354 e. The molecule has 0 saturated heterocycles. The number of hydrogen-bond donors (Lipinski definition) is 1. The Labute approximate surface area is 112 Å². The van der Waals surface area contributed by atoms with E-state index in [1.54, 1.807) is 0 Å². The Morgan fingerprint density at radius 1 is 1.39 bits per heavy atom. The Bertz CT molecular complexity index is 373. The second-order valence-electron chi connectivity index (χ2n) is 5.82. The highest BCUT2D eigenvalue weighted by Crippen LogP contribution is 2.37. The summed E-state index contributed by atoms with van der Waals surface area (Å²) in [6.45, 7) is 6.13. The van der Waals surface area contributed by atoms with E-state index in [0.29, 0.717) is 25.1 Å². The summed E-state index contributed by atoms with van der Waals surface area (Å²) in [5, 5.41) is 11.9. The van der Waals surface area contributed by atoms with Crippen molar-refractivity contribution in [2.45, 2.75) is 51.2 Å². The molecule has 1 fully saturated rings. The Balaban J connectivity index is 2.43. The van der Waals surface area contributed by atoms with Gasteiger partial charge >= 0.3 is 0 Å². The maximum atomic E-state index is 12.0. The highest BCUT2D eigenvalue weighted by molar-refractivity contribution is 7.86. The zero-order valence-corrected chi connectivity index (χ0v) is 12.2. The molecule has 1 N–H and O–H groups in total. The number of rotatable bonds is 4. The normalized spacial score (nSPS) is 20.1. The van der Waals surface area contributed by atoms with Crippen LogP contribution in [-0.4, -0.2) is 27.2 Å². The van der Waals surface area contributed by atoms with Gasteiger partial charge in [0.05, 0.1) is 6.07 Å². The van der Waals surface area contributed by atoms with Gasteiger partial charge in [0.2, 0.25) is 5.91 Å². The van der Waals surface area contributed by atoms with Crippen LogP contribution in [0.3, 0.4) is 0 Å². The topological polar surface area (TPSA) is 70.0 Å². The number of carbonyl (C=O) groups excluding carboxylic acids is 1. The van der Waals surface area contributed by atoms with Gasteiger partial charge in [0, 0.05) is 27.8 Å². The van der Waals surface area contributed by atoms with Crippen LogP contribution < -0.4 is 5.32 Å². The molecule has 1 saturated carbocycles. The minimum absolute atomic E-state index is 0.187. The smallest absolute Gasteiger partial charge is 0.240 e. The Kier molecular flexibility index (Phi) is 4.92. The Morgan fingerprint density at radius 2 is 1.94 bits per heavy atom. The molecular weight excluding hydrogens is 248 g/mol. The van der Waals surface area contributed by atoms with E-state index in [9.17, 15) is 9.00 Å². The zero-order valence-electron chi connectivity index (χ0n) is 11.4. The third-order valence-corrected chi connectivity index (χ3v) is 5.30. The summed E-state index contributed by atoms with van der Waals surface area (Å²) in [4.78, 5) is 12.0. The number of carbonyl (C=O) groups is 1. The molecule has 102 valence electrons. The van der Waals surface area contributed by atoms with Crippen LogP contribution in [0.15, 0.2) is 0 Å². The lowest BCUT2D eigenvalue weighted by molar-refractivity contribution is -0.127. The van der Waals surface area contributed by atoms with Crippen molar-refractivity contribution in [3.63, 3.8) is 0 Å². The first-order valence-electron chi connectivity index (χ1n) is 6.40. The SMILES string of the molecule is CC(C)(C)S(=O)CCNC(=O)C1(C#N)CCCC1. The van der Waals surface area contributed by atoms with Crippen molar-refractivity contribution < 1.29 is 9.00 Å². The number of nitrogens with one attached hydrogen (secondary N) is 1. The summed E-state index contributed by atoms with van der Waals surface area (Å²) in [5.41, 5.74) is -0.830. The Morgan fingerprint density at radius 3 is 2.39 bits per heavy atom. The van der Waals surface area contributed by atoms with Gasteiger partial charge in [0.1, 0.15) is 5.41 Å². The monoisotopic (exact) mass is 270 g/mol. The van der Waals surface area contributed by atoms with Crippen molar-refractivity contribution in [1.29, 1.82) is 5.26 Å². The first-order valence-corrected chi connectivity index (χ1v) is 7.72. The number of hydrogen-bond acceptors (Lipinski definition) is 3. The first kappa shape index (κ1) is 15.2. The zero-order chi connectivity index (χ0) is 13.8. The van der Waals surface area contributed by atoms with E-state index in [0.717, 1.165) is 12.8 Å². The largest absolute Gasteiger partial charge is 0.354 e. The average Bonchev–Trinajstić information content (AvgIpc) is 2.77. The number of amides is 1. The van der Waals surface area contributed by atoms with Crippen LogP contribution in [0.4, 0.5) is 0 Å². The Hall–Kier alpha value is -0.890. The summed E-state index contributed by atoms with van der Waals surface area (Å²) in [7, 11) is -0.968. The van der Waals surface area contributed by atoms with E-state index in [4.69, 9.17) is 5.26 Å². The predicted octanol–water partition coefficient (Wildman–Crippen LogP) is 1.73. The fourth-order valence-corrected chi connectivity index (χ4v) is 3.00. The van der Waals surface area contributed by atoms with E-state index < -0.39 is 16.2 Å². The van der Waals surface area contributed by atoms with Crippen molar-refractivity contribution in [3.05, 3.63) is 0 Å². The van der Waals surface area contributed by atoms with Crippen molar-refractivity contribution in [2.24, 2.45) is 5.41 Å². The van der Waals surface area contributed by atoms with Crippen LogP contribution in [0, 0.1) is 16.7 Å². The van der Waals surface area contributed by atoms with Crippen LogP contribution in [0.2, 0.25) is 0 Å². The van der Waals surface area contributed by atoms with Crippen LogP contribution in [0.1, 0.15) is 46.5 Å². The molecule has 18 heavy (non-hydrogen) atoms. The molecule has 0 aromatic carbocycles. The second kappa shape index (κ2) is 5.83. The van der Waals surface area contributed by atoms with Gasteiger partial charge in [-0.2, -0.15) is 5.26 Å². The summed E-state index contributed by atoms with van der Waals surface area (Å²) >= 11 is 0. The summed E-state index contributed by atoms with van der Waals surface area (Å²) < 4.78 is 11.6. The van der Waals surface area contributed by atoms with Gasteiger partial charge in [-0.3, -0.25) is 9.00 Å². The molecule has 1 amide bonds.